The summed E-state index contributed by atoms with van der Waals surface area (Å²) in [5, 5.41) is 0. The lowest BCUT2D eigenvalue weighted by Crippen LogP contribution is -2.59. The molecule has 0 bridgehead atoms. The van der Waals surface area contributed by atoms with Crippen LogP contribution in [0.15, 0.2) is 0 Å². The van der Waals surface area contributed by atoms with Gasteiger partial charge in [0.25, 0.3) is 0 Å². The highest BCUT2D eigenvalue weighted by Crippen LogP contribution is 2.68. The summed E-state index contributed by atoms with van der Waals surface area (Å²) in [5.74, 6) is 3.02. The van der Waals surface area contributed by atoms with Gasteiger partial charge in [0, 0.05) is 26.2 Å². The summed E-state index contributed by atoms with van der Waals surface area (Å²) in [7, 11) is 0. The van der Waals surface area contributed by atoms with Crippen molar-refractivity contribution in [2.24, 2.45) is 46.3 Å². The van der Waals surface area contributed by atoms with Gasteiger partial charge in [-0.05, 0) is 98.2 Å². The molecule has 4 aliphatic rings. The second-order valence-electron chi connectivity index (χ2n) is 12.3. The lowest BCUT2D eigenvalue weighted by atomic mass is 9.43. The first-order valence-electron chi connectivity index (χ1n) is 13.4. The molecule has 0 N–H and O–H groups in total. The molecule has 186 valence electrons. The third-order valence-electron chi connectivity index (χ3n) is 10.8. The van der Waals surface area contributed by atoms with Crippen LogP contribution >= 0.6 is 0 Å². The fourth-order valence-electron chi connectivity index (χ4n) is 9.42. The van der Waals surface area contributed by atoms with Crippen LogP contribution in [-0.4, -0.2) is 30.4 Å². The van der Waals surface area contributed by atoms with Gasteiger partial charge in [-0.15, -0.1) is 0 Å². The lowest BCUT2D eigenvalue weighted by molar-refractivity contribution is -0.197. The Morgan fingerprint density at radius 1 is 0.909 bits per heavy atom. The standard InChI is InChI=1S/C28H44O5/c1-17(7-6-14-29)22-8-9-23-21-16-26(33-19(3)31)25-15-20(32-18(2)30)10-12-28(25,5)24(21)11-13-27(22,23)4/h14,17,20-26H,6-13,15-16H2,1-5H3/t17-,20-,21+,22-,23+,24+,25-,26+,27-,28-/m1/s1. The molecule has 5 nitrogen and oxygen atoms in total. The van der Waals surface area contributed by atoms with E-state index in [1.54, 1.807) is 0 Å². The lowest BCUT2D eigenvalue weighted by Gasteiger charge is -2.62. The van der Waals surface area contributed by atoms with Gasteiger partial charge in [0.1, 0.15) is 18.5 Å². The Morgan fingerprint density at radius 3 is 2.24 bits per heavy atom. The summed E-state index contributed by atoms with van der Waals surface area (Å²) in [6, 6.07) is 0. The maximum atomic E-state index is 12.1. The second kappa shape index (κ2) is 9.34. The third-order valence-corrected chi connectivity index (χ3v) is 10.8. The first kappa shape index (κ1) is 24.7. The Hall–Kier alpha value is -1.39. The van der Waals surface area contributed by atoms with Crippen molar-refractivity contribution in [2.75, 3.05) is 0 Å². The summed E-state index contributed by atoms with van der Waals surface area (Å²) >= 11 is 0. The molecule has 0 aromatic rings. The van der Waals surface area contributed by atoms with Crippen LogP contribution in [0.3, 0.4) is 0 Å². The van der Waals surface area contributed by atoms with Gasteiger partial charge in [-0.25, -0.2) is 0 Å². The van der Waals surface area contributed by atoms with Crippen LogP contribution in [-0.2, 0) is 23.9 Å². The van der Waals surface area contributed by atoms with Gasteiger partial charge >= 0.3 is 11.9 Å². The predicted molar refractivity (Wildman–Crippen MR) is 126 cm³/mol. The summed E-state index contributed by atoms with van der Waals surface area (Å²) in [6.07, 6.45) is 11.3. The van der Waals surface area contributed by atoms with Gasteiger partial charge in [0.15, 0.2) is 0 Å². The van der Waals surface area contributed by atoms with E-state index in [-0.39, 0.29) is 35.5 Å². The molecule has 0 heterocycles. The van der Waals surface area contributed by atoms with Crippen LogP contribution in [0.25, 0.3) is 0 Å². The average Bonchev–Trinajstić information content (AvgIpc) is 3.09. The van der Waals surface area contributed by atoms with E-state index in [1.165, 1.54) is 39.5 Å². The Labute approximate surface area is 199 Å². The first-order valence-corrected chi connectivity index (χ1v) is 13.4. The van der Waals surface area contributed by atoms with Gasteiger partial charge in [-0.2, -0.15) is 0 Å². The normalized spacial score (nSPS) is 45.2. The average molecular weight is 461 g/mol. The third kappa shape index (κ3) is 4.38. The minimum absolute atomic E-state index is 0.0569. The van der Waals surface area contributed by atoms with E-state index >= 15 is 0 Å². The highest BCUT2D eigenvalue weighted by atomic mass is 16.5. The van der Waals surface area contributed by atoms with E-state index in [9.17, 15) is 14.4 Å². The smallest absolute Gasteiger partial charge is 0.302 e. The molecule has 4 saturated carbocycles. The predicted octanol–water partition coefficient (Wildman–Crippen LogP) is 5.73. The molecule has 0 aromatic carbocycles. The van der Waals surface area contributed by atoms with Crippen molar-refractivity contribution in [1.82, 2.24) is 0 Å². The van der Waals surface area contributed by atoms with Crippen molar-refractivity contribution < 1.29 is 23.9 Å². The first-order chi connectivity index (χ1) is 15.6. The number of carbonyl (C=O) groups excluding carboxylic acids is 3. The maximum absolute atomic E-state index is 12.1. The quantitative estimate of drug-likeness (QED) is 0.374. The van der Waals surface area contributed by atoms with Crippen molar-refractivity contribution in [3.05, 3.63) is 0 Å². The van der Waals surface area contributed by atoms with Crippen molar-refractivity contribution in [3.8, 4) is 0 Å². The molecular formula is C28H44O5. The number of hydrogen-bond acceptors (Lipinski definition) is 5. The Kier molecular flexibility index (Phi) is 7.00. The van der Waals surface area contributed by atoms with E-state index in [0.29, 0.717) is 41.4 Å². The second-order valence-corrected chi connectivity index (χ2v) is 12.3. The summed E-state index contributed by atoms with van der Waals surface area (Å²) < 4.78 is 11.6. The Balaban J connectivity index is 1.59. The highest BCUT2D eigenvalue weighted by molar-refractivity contribution is 5.66. The molecule has 0 amide bonds. The van der Waals surface area contributed by atoms with Crippen LogP contribution in [0, 0.1) is 46.3 Å². The zero-order chi connectivity index (χ0) is 24.0. The number of aldehydes is 1. The highest BCUT2D eigenvalue weighted by Gasteiger charge is 2.63. The van der Waals surface area contributed by atoms with E-state index in [2.05, 4.69) is 20.8 Å². The van der Waals surface area contributed by atoms with E-state index in [1.807, 2.05) is 0 Å². The topological polar surface area (TPSA) is 69.7 Å². The van der Waals surface area contributed by atoms with Gasteiger partial charge in [-0.3, -0.25) is 9.59 Å². The summed E-state index contributed by atoms with van der Waals surface area (Å²) in [4.78, 5) is 34.7. The largest absolute Gasteiger partial charge is 0.463 e. The molecule has 0 saturated heterocycles. The minimum Gasteiger partial charge on any atom is -0.463 e. The number of carbonyl (C=O) groups is 3. The van der Waals surface area contributed by atoms with Gasteiger partial charge < -0.3 is 14.3 Å². The van der Waals surface area contributed by atoms with Gasteiger partial charge in [0.2, 0.25) is 0 Å². The summed E-state index contributed by atoms with van der Waals surface area (Å²) in [5.41, 5.74) is 0.449. The van der Waals surface area contributed by atoms with Crippen molar-refractivity contribution in [2.45, 2.75) is 111 Å². The molecule has 5 heteroatoms. The number of rotatable bonds is 6. The van der Waals surface area contributed by atoms with Crippen molar-refractivity contribution >= 4 is 18.2 Å². The van der Waals surface area contributed by atoms with Gasteiger partial charge in [-0.1, -0.05) is 20.8 Å². The molecule has 4 aliphatic carbocycles. The number of hydrogen-bond donors (Lipinski definition) is 0. The van der Waals surface area contributed by atoms with Gasteiger partial charge in [0.05, 0.1) is 0 Å². The summed E-state index contributed by atoms with van der Waals surface area (Å²) in [6.45, 7) is 10.3. The van der Waals surface area contributed by atoms with Crippen LogP contribution in [0.1, 0.15) is 98.8 Å². The molecule has 10 atom stereocenters. The van der Waals surface area contributed by atoms with Crippen LogP contribution in [0.5, 0.6) is 0 Å². The van der Waals surface area contributed by atoms with Crippen LogP contribution in [0.4, 0.5) is 0 Å². The molecule has 0 aliphatic heterocycles. The zero-order valence-electron chi connectivity index (χ0n) is 21.3. The molecule has 4 rings (SSSR count). The fourth-order valence-corrected chi connectivity index (χ4v) is 9.42. The minimum atomic E-state index is -0.213. The molecule has 0 unspecified atom stereocenters. The molecule has 4 fully saturated rings. The monoisotopic (exact) mass is 460 g/mol. The van der Waals surface area contributed by atoms with E-state index < -0.39 is 0 Å². The van der Waals surface area contributed by atoms with Crippen molar-refractivity contribution in [1.29, 1.82) is 0 Å². The zero-order valence-corrected chi connectivity index (χ0v) is 21.3. The van der Waals surface area contributed by atoms with E-state index in [0.717, 1.165) is 38.4 Å². The molecule has 0 radical (unpaired) electrons. The van der Waals surface area contributed by atoms with Crippen molar-refractivity contribution in [3.63, 3.8) is 0 Å². The molecule has 33 heavy (non-hydrogen) atoms. The number of fused-ring (bicyclic) bond motifs is 5. The molecular weight excluding hydrogens is 416 g/mol. The van der Waals surface area contributed by atoms with Crippen LogP contribution in [0.2, 0.25) is 0 Å². The number of esters is 2. The fraction of sp³-hybridized carbons (Fsp3) is 0.893. The Morgan fingerprint density at radius 2 is 1.58 bits per heavy atom. The molecule has 0 spiro atoms. The van der Waals surface area contributed by atoms with E-state index in [4.69, 9.17) is 9.47 Å². The van der Waals surface area contributed by atoms with Crippen LogP contribution < -0.4 is 0 Å². The number of ether oxygens (including phenoxy) is 2. The Bertz CT molecular complexity index is 763. The maximum Gasteiger partial charge on any atom is 0.302 e. The molecule has 0 aromatic heterocycles. The SMILES string of the molecule is CC(=O)O[C@@H]1CC[C@@]2(C)[C@H](C1)[C@@H](OC(C)=O)C[C@@H]1[C@@H]2CC[C@]2(C)[C@@H]([C@H](C)CCC=O)CC[C@@H]12.